The molecule has 4 aromatic carbocycles. The molecule has 248 valence electrons. The lowest BCUT2D eigenvalue weighted by molar-refractivity contribution is 0.0696. The quantitative estimate of drug-likeness (QED) is 0.128. The molecular weight excluding hydrogens is 698 g/mol. The number of aryl methyl sites for hydroxylation is 1. The molecule has 0 fully saturated rings. The molecule has 5 rings (SSSR count). The lowest BCUT2D eigenvalue weighted by Crippen LogP contribution is -2.21. The van der Waals surface area contributed by atoms with Crippen LogP contribution in [-0.4, -0.2) is 40.2 Å². The van der Waals surface area contributed by atoms with Crippen molar-refractivity contribution in [1.29, 1.82) is 0 Å². The van der Waals surface area contributed by atoms with Gasteiger partial charge in [-0.1, -0.05) is 49.7 Å². The van der Waals surface area contributed by atoms with Crippen LogP contribution >= 0.6 is 27.5 Å². The van der Waals surface area contributed by atoms with Gasteiger partial charge in [0.2, 0.25) is 0 Å². The predicted molar refractivity (Wildman–Crippen MR) is 192 cm³/mol. The molecule has 0 saturated carbocycles. The molecular formula is C37H35BrClN3O6. The van der Waals surface area contributed by atoms with E-state index in [4.69, 9.17) is 30.8 Å². The van der Waals surface area contributed by atoms with E-state index in [1.807, 2.05) is 45.0 Å². The van der Waals surface area contributed by atoms with Gasteiger partial charge in [0.05, 0.1) is 35.9 Å². The fraction of sp³-hybridized carbons (Fsp3) is 0.243. The monoisotopic (exact) mass is 731 g/mol. The van der Waals surface area contributed by atoms with Crippen LogP contribution in [0.2, 0.25) is 5.02 Å². The van der Waals surface area contributed by atoms with Crippen LogP contribution in [0.4, 0.5) is 0 Å². The molecule has 0 unspecified atom stereocenters. The number of carboxylic acids is 1. The van der Waals surface area contributed by atoms with Crippen molar-refractivity contribution < 1.29 is 24.1 Å². The Morgan fingerprint density at radius 1 is 1.02 bits per heavy atom. The van der Waals surface area contributed by atoms with Gasteiger partial charge in [-0.2, -0.15) is 9.78 Å². The number of para-hydroxylation sites is 1. The molecule has 0 saturated heterocycles. The molecule has 0 atom stereocenters. The molecule has 0 amide bonds. The van der Waals surface area contributed by atoms with Gasteiger partial charge in [0.25, 0.3) is 5.56 Å². The summed E-state index contributed by atoms with van der Waals surface area (Å²) in [5.74, 6) is 0.943. The first-order valence-electron chi connectivity index (χ1n) is 15.5. The number of aromatic nitrogens is 2. The molecule has 1 heterocycles. The number of fused-ring (bicyclic) bond motifs is 1. The highest BCUT2D eigenvalue weighted by molar-refractivity contribution is 9.10. The van der Waals surface area contributed by atoms with E-state index in [0.29, 0.717) is 51.3 Å². The van der Waals surface area contributed by atoms with Crippen LogP contribution in [0.5, 0.6) is 17.2 Å². The minimum atomic E-state index is -1.03. The van der Waals surface area contributed by atoms with Crippen molar-refractivity contribution >= 4 is 50.6 Å². The molecule has 48 heavy (non-hydrogen) atoms. The van der Waals surface area contributed by atoms with Gasteiger partial charge in [0.15, 0.2) is 17.3 Å². The Hall–Kier alpha value is -4.67. The minimum Gasteiger partial charge on any atom is -0.494 e. The summed E-state index contributed by atoms with van der Waals surface area (Å²) in [5.41, 5.74) is 4.19. The maximum atomic E-state index is 14.0. The number of carboxylic acid groups (broad SMARTS) is 1. The van der Waals surface area contributed by atoms with E-state index in [1.54, 1.807) is 30.3 Å². The second-order valence-corrected chi connectivity index (χ2v) is 12.4. The highest BCUT2D eigenvalue weighted by atomic mass is 79.9. The first-order valence-corrected chi connectivity index (χ1v) is 16.6. The van der Waals surface area contributed by atoms with Gasteiger partial charge >= 0.3 is 5.97 Å². The van der Waals surface area contributed by atoms with E-state index in [0.717, 1.165) is 22.4 Å². The van der Waals surface area contributed by atoms with Crippen LogP contribution in [-0.2, 0) is 6.61 Å². The van der Waals surface area contributed by atoms with Crippen molar-refractivity contribution in [2.75, 3.05) is 13.2 Å². The number of aromatic carboxylic acids is 1. The van der Waals surface area contributed by atoms with Crippen molar-refractivity contribution in [2.45, 2.75) is 47.1 Å². The number of nitrogens with zero attached hydrogens (tertiary/aromatic N) is 3. The van der Waals surface area contributed by atoms with E-state index in [1.165, 1.54) is 23.0 Å². The number of rotatable bonds is 12. The number of ether oxygens (including phenoxy) is 3. The summed E-state index contributed by atoms with van der Waals surface area (Å²) in [6, 6.07) is 19.3. The Labute approximate surface area is 291 Å². The largest absolute Gasteiger partial charge is 0.494 e. The average Bonchev–Trinajstić information content (AvgIpc) is 3.06. The summed E-state index contributed by atoms with van der Waals surface area (Å²) >= 11 is 10.4. The van der Waals surface area contributed by atoms with Gasteiger partial charge in [0, 0.05) is 15.6 Å². The summed E-state index contributed by atoms with van der Waals surface area (Å²) in [7, 11) is 0. The van der Waals surface area contributed by atoms with Crippen molar-refractivity contribution in [3.05, 3.63) is 114 Å². The summed E-state index contributed by atoms with van der Waals surface area (Å²) in [6.45, 7) is 10.8. The molecule has 0 radical (unpaired) electrons. The molecule has 1 aromatic heterocycles. The van der Waals surface area contributed by atoms with Gasteiger partial charge in [0.1, 0.15) is 17.4 Å². The van der Waals surface area contributed by atoms with E-state index in [9.17, 15) is 14.7 Å². The SMILES string of the molecule is CCOc1cc(C)c(-c2nc3ccccc3c(=O)n2N=Cc2cc(OCC)c(OCc3cccc(C(=O)O)c3)c(Cl)c2Br)cc1C(C)C. The summed E-state index contributed by atoms with van der Waals surface area (Å²) in [5, 5.41) is 14.7. The Bertz CT molecular complexity index is 2090. The van der Waals surface area contributed by atoms with Gasteiger partial charge in [-0.25, -0.2) is 9.78 Å². The first-order chi connectivity index (χ1) is 23.0. The summed E-state index contributed by atoms with van der Waals surface area (Å²) in [4.78, 5) is 30.3. The number of hydrogen-bond acceptors (Lipinski definition) is 7. The maximum Gasteiger partial charge on any atom is 0.335 e. The predicted octanol–water partition coefficient (Wildman–Crippen LogP) is 8.87. The van der Waals surface area contributed by atoms with Crippen LogP contribution in [0.1, 0.15) is 66.2 Å². The molecule has 0 aliphatic carbocycles. The second kappa shape index (κ2) is 15.0. The van der Waals surface area contributed by atoms with Crippen LogP contribution in [0.3, 0.4) is 0 Å². The van der Waals surface area contributed by atoms with E-state index < -0.39 is 5.97 Å². The zero-order valence-electron chi connectivity index (χ0n) is 27.2. The zero-order valence-corrected chi connectivity index (χ0v) is 29.6. The van der Waals surface area contributed by atoms with Gasteiger partial charge in [-0.15, -0.1) is 0 Å². The smallest absolute Gasteiger partial charge is 0.335 e. The van der Waals surface area contributed by atoms with Crippen molar-refractivity contribution in [3.63, 3.8) is 0 Å². The Morgan fingerprint density at radius 3 is 2.46 bits per heavy atom. The Balaban J connectivity index is 1.61. The average molecular weight is 733 g/mol. The highest BCUT2D eigenvalue weighted by Crippen LogP contribution is 2.43. The Morgan fingerprint density at radius 2 is 1.75 bits per heavy atom. The van der Waals surface area contributed by atoms with E-state index >= 15 is 0 Å². The molecule has 5 aromatic rings. The third-order valence-electron chi connectivity index (χ3n) is 7.60. The minimum absolute atomic E-state index is 0.0576. The number of benzene rings is 4. The zero-order chi connectivity index (χ0) is 34.5. The number of carbonyl (C=O) groups is 1. The van der Waals surface area contributed by atoms with E-state index in [-0.39, 0.29) is 34.4 Å². The maximum absolute atomic E-state index is 14.0. The standard InChI is InChI=1S/C37H35BrClN3O6/c1-6-46-30-15-22(5)28(18-27(30)21(3)4)35-41-29-14-9-8-13-26(29)36(43)42(35)40-19-25-17-31(47-7-2)34(33(39)32(25)38)48-20-23-11-10-12-24(16-23)37(44)45/h8-19,21H,6-7,20H2,1-5H3,(H,44,45). The number of hydrogen-bond donors (Lipinski definition) is 1. The molecule has 1 N–H and O–H groups in total. The number of halogens is 2. The molecule has 9 nitrogen and oxygen atoms in total. The highest BCUT2D eigenvalue weighted by Gasteiger charge is 2.21. The van der Waals surface area contributed by atoms with Crippen LogP contribution in [0.15, 0.2) is 81.1 Å². The van der Waals surface area contributed by atoms with Crippen molar-refractivity contribution in [3.8, 4) is 28.6 Å². The Kier molecular flexibility index (Phi) is 10.9. The first kappa shape index (κ1) is 34.7. The van der Waals surface area contributed by atoms with Gasteiger partial charge in [-0.3, -0.25) is 4.79 Å². The lowest BCUT2D eigenvalue weighted by Gasteiger charge is -2.18. The van der Waals surface area contributed by atoms with Gasteiger partial charge in [-0.05, 0) is 102 Å². The normalized spacial score (nSPS) is 11.4. The van der Waals surface area contributed by atoms with Crippen molar-refractivity contribution in [2.24, 2.45) is 5.10 Å². The summed E-state index contributed by atoms with van der Waals surface area (Å²) < 4.78 is 19.7. The molecule has 0 bridgehead atoms. The summed E-state index contributed by atoms with van der Waals surface area (Å²) in [6.07, 6.45) is 1.52. The van der Waals surface area contributed by atoms with E-state index in [2.05, 4.69) is 34.9 Å². The second-order valence-electron chi connectivity index (χ2n) is 11.3. The molecule has 0 aliphatic rings. The van der Waals surface area contributed by atoms with Gasteiger partial charge < -0.3 is 19.3 Å². The molecule has 0 aliphatic heterocycles. The van der Waals surface area contributed by atoms with Crippen molar-refractivity contribution in [1.82, 2.24) is 9.66 Å². The van der Waals surface area contributed by atoms with Crippen LogP contribution in [0.25, 0.3) is 22.3 Å². The third-order valence-corrected chi connectivity index (χ3v) is 9.04. The fourth-order valence-electron chi connectivity index (χ4n) is 5.24. The lowest BCUT2D eigenvalue weighted by atomic mass is 9.96. The van der Waals surface area contributed by atoms with Crippen LogP contribution in [0, 0.1) is 6.92 Å². The van der Waals surface area contributed by atoms with Crippen LogP contribution < -0.4 is 19.8 Å². The molecule has 0 spiro atoms. The molecule has 11 heteroatoms. The third kappa shape index (κ3) is 7.24. The fourth-order valence-corrected chi connectivity index (χ4v) is 5.90. The topological polar surface area (TPSA) is 112 Å².